The summed E-state index contributed by atoms with van der Waals surface area (Å²) >= 11 is 0. The monoisotopic (exact) mass is 421 g/mol. The van der Waals surface area contributed by atoms with Crippen molar-refractivity contribution in [2.45, 2.75) is 18.0 Å². The second-order valence-electron chi connectivity index (χ2n) is 7.67. The molecule has 0 aromatic heterocycles. The maximum atomic E-state index is 12.6. The molecule has 0 spiro atoms. The molecule has 2 heterocycles. The van der Waals surface area contributed by atoms with Crippen LogP contribution in [0.25, 0.3) is 6.08 Å². The van der Waals surface area contributed by atoms with Crippen LogP contribution in [0.5, 0.6) is 0 Å². The fourth-order valence-electron chi connectivity index (χ4n) is 4.41. The van der Waals surface area contributed by atoms with Gasteiger partial charge in [0.25, 0.3) is 5.69 Å². The summed E-state index contributed by atoms with van der Waals surface area (Å²) in [4.78, 5) is 47.9. The van der Waals surface area contributed by atoms with Crippen molar-refractivity contribution in [3.63, 3.8) is 0 Å². The smallest absolute Gasteiger partial charge is 0.325 e. The molecule has 4 unspecified atom stereocenters. The Morgan fingerprint density at radius 3 is 2.39 bits per heavy atom. The molecule has 2 aliphatic rings. The molecule has 4 rings (SSSR count). The van der Waals surface area contributed by atoms with Crippen molar-refractivity contribution in [3.8, 4) is 0 Å². The topological polar surface area (TPSA) is 139 Å². The van der Waals surface area contributed by atoms with Crippen LogP contribution in [-0.4, -0.2) is 39.4 Å². The molecule has 9 nitrogen and oxygen atoms in total. The number of carbonyl (C=O) groups excluding carboxylic acids is 2. The van der Waals surface area contributed by atoms with E-state index in [1.54, 1.807) is 12.2 Å². The largest absolute Gasteiger partial charge is 0.480 e. The van der Waals surface area contributed by atoms with E-state index in [0.29, 0.717) is 5.56 Å². The third-order valence-corrected chi connectivity index (χ3v) is 5.84. The summed E-state index contributed by atoms with van der Waals surface area (Å²) in [6.45, 7) is 0. The molecule has 0 bridgehead atoms. The van der Waals surface area contributed by atoms with E-state index < -0.39 is 46.1 Å². The van der Waals surface area contributed by atoms with Crippen molar-refractivity contribution < 1.29 is 24.4 Å². The van der Waals surface area contributed by atoms with Gasteiger partial charge >= 0.3 is 5.97 Å². The lowest BCUT2D eigenvalue weighted by Crippen LogP contribution is -2.57. The summed E-state index contributed by atoms with van der Waals surface area (Å²) in [5.74, 6) is -4.40. The number of carbonyl (C=O) groups is 3. The van der Waals surface area contributed by atoms with E-state index in [0.717, 1.165) is 5.56 Å². The molecule has 2 aromatic rings. The molecule has 2 fully saturated rings. The van der Waals surface area contributed by atoms with Gasteiger partial charge in [-0.1, -0.05) is 54.6 Å². The van der Waals surface area contributed by atoms with Gasteiger partial charge in [0.1, 0.15) is 5.54 Å². The zero-order chi connectivity index (χ0) is 22.2. The van der Waals surface area contributed by atoms with Gasteiger partial charge in [0.15, 0.2) is 0 Å². The van der Waals surface area contributed by atoms with E-state index >= 15 is 0 Å². The molecule has 31 heavy (non-hydrogen) atoms. The number of nitro benzene ring substituents is 1. The minimum atomic E-state index is -1.73. The fraction of sp³-hybridized carbons (Fsp3) is 0.227. The second-order valence-corrected chi connectivity index (χ2v) is 7.67. The van der Waals surface area contributed by atoms with Crippen LogP contribution in [0.1, 0.15) is 11.1 Å². The number of rotatable bonds is 6. The lowest BCUT2D eigenvalue weighted by molar-refractivity contribution is -0.384. The Kier molecular flexibility index (Phi) is 5.12. The van der Waals surface area contributed by atoms with Gasteiger partial charge in [-0.3, -0.25) is 35.1 Å². The van der Waals surface area contributed by atoms with Gasteiger partial charge in [-0.25, -0.2) is 0 Å². The van der Waals surface area contributed by atoms with Crippen molar-refractivity contribution in [2.75, 3.05) is 0 Å². The first-order chi connectivity index (χ1) is 14.8. The van der Waals surface area contributed by atoms with E-state index in [1.807, 2.05) is 30.3 Å². The summed E-state index contributed by atoms with van der Waals surface area (Å²) in [6.07, 6.45) is 3.36. The molecule has 0 aliphatic carbocycles. The molecular weight excluding hydrogens is 402 g/mol. The number of carboxylic acids is 1. The average Bonchev–Trinajstić information content (AvgIpc) is 3.24. The van der Waals surface area contributed by atoms with Gasteiger partial charge in [0.05, 0.1) is 16.8 Å². The van der Waals surface area contributed by atoms with E-state index in [1.165, 1.54) is 24.3 Å². The van der Waals surface area contributed by atoms with Crippen molar-refractivity contribution >= 4 is 29.5 Å². The maximum absolute atomic E-state index is 12.6. The number of fused-ring (bicyclic) bond motifs is 1. The molecule has 2 aliphatic heterocycles. The lowest BCUT2D eigenvalue weighted by Gasteiger charge is -2.29. The van der Waals surface area contributed by atoms with E-state index in [-0.39, 0.29) is 12.1 Å². The number of benzene rings is 2. The number of hydrogen-bond donors (Lipinski definition) is 3. The standard InChI is InChI=1S/C22H19N3O6/c26-19-17-16(11-8-13-4-2-1-3-5-13)24-22(21(28)29,18(17)20(27)23-19)12-14-6-9-15(10-7-14)25(30)31/h1-11,16-18,24H,12H2,(H,28,29)(H,23,26,27). The van der Waals surface area contributed by atoms with Gasteiger partial charge in [-0.15, -0.1) is 0 Å². The average molecular weight is 421 g/mol. The molecule has 2 saturated heterocycles. The van der Waals surface area contributed by atoms with Crippen molar-refractivity contribution in [1.82, 2.24) is 10.6 Å². The van der Waals surface area contributed by atoms with Crippen LogP contribution in [0.4, 0.5) is 5.69 Å². The molecule has 0 saturated carbocycles. The Labute approximate surface area is 176 Å². The highest BCUT2D eigenvalue weighted by atomic mass is 16.6. The van der Waals surface area contributed by atoms with Gasteiger partial charge in [0.2, 0.25) is 11.8 Å². The summed E-state index contributed by atoms with van der Waals surface area (Å²) in [5, 5.41) is 26.3. The van der Waals surface area contributed by atoms with Crippen LogP contribution < -0.4 is 10.6 Å². The number of imide groups is 1. The minimum absolute atomic E-state index is 0.113. The Bertz CT molecular complexity index is 1080. The van der Waals surface area contributed by atoms with Crippen molar-refractivity contribution in [3.05, 3.63) is 81.9 Å². The number of hydrogen-bond acceptors (Lipinski definition) is 6. The fourth-order valence-corrected chi connectivity index (χ4v) is 4.41. The minimum Gasteiger partial charge on any atom is -0.480 e. The van der Waals surface area contributed by atoms with Crippen LogP contribution in [0.2, 0.25) is 0 Å². The van der Waals surface area contributed by atoms with Crippen LogP contribution in [0, 0.1) is 22.0 Å². The van der Waals surface area contributed by atoms with Gasteiger partial charge < -0.3 is 5.11 Å². The number of carboxylic acid groups (broad SMARTS) is 1. The predicted octanol–water partition coefficient (Wildman–Crippen LogP) is 1.53. The SMILES string of the molecule is O=C1NC(=O)C2C1C(C=Cc1ccccc1)NC2(Cc1ccc([N+](=O)[O-])cc1)C(=O)O. The predicted molar refractivity (Wildman–Crippen MR) is 110 cm³/mol. The van der Waals surface area contributed by atoms with E-state index in [2.05, 4.69) is 10.6 Å². The first-order valence-electron chi connectivity index (χ1n) is 9.64. The number of nitrogens with zero attached hydrogens (tertiary/aromatic N) is 1. The zero-order valence-electron chi connectivity index (χ0n) is 16.2. The maximum Gasteiger partial charge on any atom is 0.325 e. The van der Waals surface area contributed by atoms with Gasteiger partial charge in [0, 0.05) is 24.6 Å². The summed E-state index contributed by atoms with van der Waals surface area (Å²) < 4.78 is 0. The zero-order valence-corrected chi connectivity index (χ0v) is 16.2. The first kappa shape index (κ1) is 20.4. The van der Waals surface area contributed by atoms with Crippen molar-refractivity contribution in [2.24, 2.45) is 11.8 Å². The Morgan fingerprint density at radius 2 is 1.77 bits per heavy atom. The lowest BCUT2D eigenvalue weighted by atomic mass is 9.76. The molecule has 9 heteroatoms. The van der Waals surface area contributed by atoms with Crippen molar-refractivity contribution in [1.29, 1.82) is 0 Å². The molecule has 2 aromatic carbocycles. The highest BCUT2D eigenvalue weighted by Gasteiger charge is 2.65. The Balaban J connectivity index is 1.70. The summed E-state index contributed by atoms with van der Waals surface area (Å²) in [5.41, 5.74) is -0.487. The summed E-state index contributed by atoms with van der Waals surface area (Å²) in [7, 11) is 0. The van der Waals surface area contributed by atoms with Crippen LogP contribution >= 0.6 is 0 Å². The third kappa shape index (κ3) is 3.59. The van der Waals surface area contributed by atoms with Gasteiger partial charge in [-0.2, -0.15) is 0 Å². The van der Waals surface area contributed by atoms with Crippen LogP contribution in [0.3, 0.4) is 0 Å². The number of amides is 2. The van der Waals surface area contributed by atoms with Crippen LogP contribution in [-0.2, 0) is 20.8 Å². The number of nitrogens with one attached hydrogen (secondary N) is 2. The Hall–Kier alpha value is -3.85. The molecule has 4 atom stereocenters. The number of aliphatic carboxylic acids is 1. The number of non-ortho nitro benzene ring substituents is 1. The highest BCUT2D eigenvalue weighted by Crippen LogP contribution is 2.42. The molecule has 2 amide bonds. The Morgan fingerprint density at radius 1 is 1.10 bits per heavy atom. The molecular formula is C22H19N3O6. The summed E-state index contributed by atoms with van der Waals surface area (Å²) in [6, 6.07) is 14.1. The quantitative estimate of drug-likeness (QED) is 0.365. The van der Waals surface area contributed by atoms with Crippen LogP contribution in [0.15, 0.2) is 60.7 Å². The highest BCUT2D eigenvalue weighted by molar-refractivity contribution is 6.09. The number of nitro groups is 1. The molecule has 158 valence electrons. The van der Waals surface area contributed by atoms with Gasteiger partial charge in [-0.05, 0) is 11.1 Å². The normalized spacial score (nSPS) is 27.3. The van der Waals surface area contributed by atoms with E-state index in [4.69, 9.17) is 0 Å². The third-order valence-electron chi connectivity index (χ3n) is 5.84. The van der Waals surface area contributed by atoms with E-state index in [9.17, 15) is 29.6 Å². The first-order valence-corrected chi connectivity index (χ1v) is 9.64. The molecule has 3 N–H and O–H groups in total. The molecule has 0 radical (unpaired) electrons. The second kappa shape index (κ2) is 7.77.